The molecule has 0 saturated heterocycles. The van der Waals surface area contributed by atoms with Crippen molar-refractivity contribution in [1.29, 1.82) is 0 Å². The summed E-state index contributed by atoms with van der Waals surface area (Å²) < 4.78 is 17.0. The Morgan fingerprint density at radius 2 is 2.30 bits per heavy atom. The van der Waals surface area contributed by atoms with E-state index >= 15 is 0 Å². The molecule has 3 rings (SSSR count). The minimum Gasteiger partial charge on any atom is -0.465 e. The van der Waals surface area contributed by atoms with E-state index in [2.05, 4.69) is 15.4 Å². The molecule has 104 valence electrons. The van der Waals surface area contributed by atoms with Gasteiger partial charge in [0, 0.05) is 37.4 Å². The zero-order chi connectivity index (χ0) is 15.0. The first kappa shape index (κ1) is 11.4. The van der Waals surface area contributed by atoms with Gasteiger partial charge in [-0.3, -0.25) is 0 Å². The molecule has 20 heavy (non-hydrogen) atoms. The number of hydrogen-bond acceptors (Lipinski definition) is 6. The monoisotopic (exact) mass is 294 g/mol. The average molecular weight is 294 g/mol. The van der Waals surface area contributed by atoms with Gasteiger partial charge in [0.15, 0.2) is 0 Å². The van der Waals surface area contributed by atoms with Crippen LogP contribution >= 0.6 is 11.3 Å². The van der Waals surface area contributed by atoms with Gasteiger partial charge in [0.2, 0.25) is 0 Å². The van der Waals surface area contributed by atoms with Gasteiger partial charge >= 0.3 is 5.69 Å². The lowest BCUT2D eigenvalue weighted by Crippen LogP contribution is -2.24. The largest absolute Gasteiger partial charge is 0.465 e. The maximum atomic E-state index is 12.0. The molecule has 3 heterocycles. The van der Waals surface area contributed by atoms with Crippen LogP contribution in [0.25, 0.3) is 5.82 Å². The Bertz CT molecular complexity index is 832. The van der Waals surface area contributed by atoms with Crippen LogP contribution in [0, 0.1) is 0 Å². The fraction of sp³-hybridized carbons (Fsp3) is 0.273. The minimum absolute atomic E-state index is 0.174. The summed E-state index contributed by atoms with van der Waals surface area (Å²) in [5.41, 5.74) is 0.447. The summed E-state index contributed by atoms with van der Waals surface area (Å²) in [6.45, 7) is 0.228. The van der Waals surface area contributed by atoms with Crippen molar-refractivity contribution in [2.45, 2.75) is 6.61 Å². The van der Waals surface area contributed by atoms with Crippen LogP contribution in [0.3, 0.4) is 0 Å². The van der Waals surface area contributed by atoms with Crippen LogP contribution in [-0.4, -0.2) is 29.3 Å². The van der Waals surface area contributed by atoms with E-state index in [0.717, 1.165) is 10.2 Å². The van der Waals surface area contributed by atoms with Crippen molar-refractivity contribution in [3.8, 4) is 11.0 Å². The number of hydrogen-bond donors (Lipinski definition) is 0. The number of thiazole rings is 1. The smallest absolute Gasteiger partial charge is 0.369 e. The quantitative estimate of drug-likeness (QED) is 0.693. The predicted molar refractivity (Wildman–Crippen MR) is 72.0 cm³/mol. The summed E-state index contributed by atoms with van der Waals surface area (Å²) in [6, 6.07) is 1.84. The van der Waals surface area contributed by atoms with Crippen molar-refractivity contribution in [2.24, 2.45) is 14.1 Å². The Kier molecular flexibility index (Phi) is 2.81. The van der Waals surface area contributed by atoms with Crippen molar-refractivity contribution >= 4 is 11.3 Å². The molecule has 0 spiro atoms. The van der Waals surface area contributed by atoms with E-state index in [9.17, 15) is 4.79 Å². The molecule has 9 heteroatoms. The molecule has 0 atom stereocenters. The first-order valence-corrected chi connectivity index (χ1v) is 6.62. The van der Waals surface area contributed by atoms with Gasteiger partial charge in [-0.1, -0.05) is 11.3 Å². The summed E-state index contributed by atoms with van der Waals surface area (Å²) in [5, 5.41) is 9.55. The lowest BCUT2D eigenvalue weighted by molar-refractivity contribution is 0.303. The van der Waals surface area contributed by atoms with Crippen LogP contribution in [0.2, 0.25) is 0 Å². The van der Waals surface area contributed by atoms with Crippen molar-refractivity contribution in [2.75, 3.05) is 0 Å². The molecule has 0 N–H and O–H groups in total. The van der Waals surface area contributed by atoms with Crippen molar-refractivity contribution < 1.29 is 6.11 Å². The molecular weight excluding hydrogens is 280 g/mol. The van der Waals surface area contributed by atoms with E-state index < -0.39 is 0 Å². The van der Waals surface area contributed by atoms with Crippen LogP contribution < -0.4 is 10.4 Å². The van der Waals surface area contributed by atoms with E-state index in [1.165, 1.54) is 23.1 Å². The van der Waals surface area contributed by atoms with Gasteiger partial charge in [0.05, 0.1) is 1.37 Å². The lowest BCUT2D eigenvalue weighted by Gasteiger charge is -2.06. The molecule has 0 saturated carbocycles. The summed E-state index contributed by atoms with van der Waals surface area (Å²) in [5.74, 6) is 0.593. The van der Waals surface area contributed by atoms with Gasteiger partial charge < -0.3 is 9.30 Å². The predicted octanol–water partition coefficient (Wildman–Crippen LogP) is 0.340. The Labute approximate surface area is 119 Å². The van der Waals surface area contributed by atoms with Crippen LogP contribution in [0.4, 0.5) is 0 Å². The molecule has 3 aromatic rings. The van der Waals surface area contributed by atoms with Gasteiger partial charge in [0.25, 0.3) is 5.19 Å². The highest BCUT2D eigenvalue weighted by atomic mass is 32.1. The number of ether oxygens (including phenoxy) is 1. The van der Waals surface area contributed by atoms with Gasteiger partial charge in [-0.05, 0) is 16.5 Å². The van der Waals surface area contributed by atoms with Gasteiger partial charge in [-0.2, -0.15) is 4.68 Å². The lowest BCUT2D eigenvalue weighted by atomic mass is 10.3. The number of tetrazole rings is 1. The molecule has 8 nitrogen and oxygen atoms in total. The van der Waals surface area contributed by atoms with Crippen LogP contribution in [0.15, 0.2) is 28.6 Å². The second kappa shape index (κ2) is 4.93. The maximum absolute atomic E-state index is 12.0. The van der Waals surface area contributed by atoms with E-state index in [4.69, 9.17) is 6.11 Å². The van der Waals surface area contributed by atoms with Crippen molar-refractivity contribution in [1.82, 2.24) is 29.3 Å². The Morgan fingerprint density at radius 3 is 2.95 bits per heavy atom. The normalized spacial score (nSPS) is 11.6. The first-order valence-electron chi connectivity index (χ1n) is 6.25. The zero-order valence-corrected chi connectivity index (χ0v) is 11.7. The van der Waals surface area contributed by atoms with Crippen LogP contribution in [0.1, 0.15) is 6.93 Å². The topological polar surface area (TPSA) is 79.8 Å². The molecular formula is C11H12N6O2S. The molecule has 0 unspecified atom stereocenters. The molecule has 3 aromatic heterocycles. The Hall–Kier alpha value is -2.42. The third kappa shape index (κ3) is 2.11. The molecule has 0 bridgehead atoms. The Morgan fingerprint density at radius 1 is 1.45 bits per heavy atom. The average Bonchev–Trinajstić information content (AvgIpc) is 3.11. The highest BCUT2D eigenvalue weighted by Gasteiger charge is 2.15. The second-order valence-electron chi connectivity index (χ2n) is 4.10. The zero-order valence-electron chi connectivity index (χ0n) is 11.8. The van der Waals surface area contributed by atoms with Gasteiger partial charge in [-0.25, -0.2) is 9.78 Å². The van der Waals surface area contributed by atoms with Crippen LogP contribution in [-0.2, 0) is 20.7 Å². The standard InChI is InChI=1S/C11H12N6O2S/c1-15-5-3-8(7-19-10-12-4-6-20-10)9(15)17-11(18)16(2)13-14-17/h3-6H,7H2,1-2H3/i4T. The minimum atomic E-state index is -0.333. The number of nitrogens with zero attached hydrogens (tertiary/aromatic N) is 6. The fourth-order valence-electron chi connectivity index (χ4n) is 1.81. The van der Waals surface area contributed by atoms with Crippen molar-refractivity contribution in [3.05, 3.63) is 39.9 Å². The summed E-state index contributed by atoms with van der Waals surface area (Å²) in [7, 11) is 3.35. The summed E-state index contributed by atoms with van der Waals surface area (Å²) >= 11 is 1.26. The third-order valence-corrected chi connectivity index (χ3v) is 3.40. The third-order valence-electron chi connectivity index (χ3n) is 2.76. The number of rotatable bonds is 4. The van der Waals surface area contributed by atoms with E-state index in [0.29, 0.717) is 11.0 Å². The Balaban J connectivity index is 1.90. The highest BCUT2D eigenvalue weighted by Crippen LogP contribution is 2.18. The summed E-state index contributed by atoms with van der Waals surface area (Å²) in [4.78, 5) is 15.9. The number of aryl methyl sites for hydroxylation is 2. The SMILES string of the molecule is [3H]c1csc(OCc2ccn(C)c2-n2nnn(C)c2=O)n1. The second-order valence-corrected chi connectivity index (χ2v) is 4.92. The van der Waals surface area contributed by atoms with Crippen LogP contribution in [0.5, 0.6) is 5.19 Å². The molecule has 0 aliphatic heterocycles. The van der Waals surface area contributed by atoms with E-state index in [1.807, 2.05) is 19.3 Å². The molecule has 0 radical (unpaired) electrons. The molecule has 0 amide bonds. The van der Waals surface area contributed by atoms with E-state index in [-0.39, 0.29) is 18.5 Å². The molecule has 0 aliphatic carbocycles. The molecule has 0 aliphatic rings. The van der Waals surface area contributed by atoms with Gasteiger partial charge in [-0.15, -0.1) is 4.68 Å². The van der Waals surface area contributed by atoms with E-state index in [1.54, 1.807) is 9.95 Å². The highest BCUT2D eigenvalue weighted by molar-refractivity contribution is 7.11. The molecule has 0 aromatic carbocycles. The maximum Gasteiger partial charge on any atom is 0.369 e. The number of aromatic nitrogens is 6. The fourth-order valence-corrected chi connectivity index (χ4v) is 2.24. The first-order chi connectivity index (χ1) is 10.1. The van der Waals surface area contributed by atoms with Crippen molar-refractivity contribution in [3.63, 3.8) is 0 Å². The summed E-state index contributed by atoms with van der Waals surface area (Å²) in [6.07, 6.45) is 1.99. The molecule has 0 fully saturated rings. The van der Waals surface area contributed by atoms with Gasteiger partial charge in [0.1, 0.15) is 12.4 Å².